The van der Waals surface area contributed by atoms with Crippen LogP contribution in [0.2, 0.25) is 0 Å². The second-order valence-electron chi connectivity index (χ2n) is 5.61. The van der Waals surface area contributed by atoms with E-state index in [1.807, 2.05) is 12.1 Å². The number of nitrogens with zero attached hydrogens (tertiary/aromatic N) is 3. The number of anilines is 1. The molecule has 0 fully saturated rings. The largest absolute Gasteiger partial charge is 0.352 e. The molecular formula is C19H18FN5O. The first kappa shape index (κ1) is 17.5. The van der Waals surface area contributed by atoms with Gasteiger partial charge in [-0.05, 0) is 29.7 Å². The molecule has 0 atom stereocenters. The number of nitrogens with one attached hydrogen (secondary N) is 2. The van der Waals surface area contributed by atoms with E-state index >= 15 is 0 Å². The number of amides is 1. The molecule has 26 heavy (non-hydrogen) atoms. The Morgan fingerprint density at radius 2 is 1.85 bits per heavy atom. The van der Waals surface area contributed by atoms with E-state index in [0.29, 0.717) is 36.6 Å². The van der Waals surface area contributed by atoms with Crippen LogP contribution in [0, 0.1) is 5.82 Å². The Morgan fingerprint density at radius 1 is 1.04 bits per heavy atom. The molecule has 0 aliphatic heterocycles. The van der Waals surface area contributed by atoms with Crippen LogP contribution in [0.25, 0.3) is 0 Å². The van der Waals surface area contributed by atoms with E-state index in [9.17, 15) is 9.18 Å². The molecule has 2 N–H and O–H groups in total. The molecule has 0 radical (unpaired) electrons. The monoisotopic (exact) mass is 351 g/mol. The van der Waals surface area contributed by atoms with Crippen LogP contribution in [0.4, 0.5) is 10.3 Å². The molecule has 1 amide bonds. The van der Waals surface area contributed by atoms with E-state index in [1.54, 1.807) is 30.6 Å². The Hall–Kier alpha value is -3.35. The molecule has 0 saturated carbocycles. The van der Waals surface area contributed by atoms with E-state index < -0.39 is 0 Å². The highest BCUT2D eigenvalue weighted by atomic mass is 19.1. The van der Waals surface area contributed by atoms with Gasteiger partial charge in [0.15, 0.2) is 0 Å². The summed E-state index contributed by atoms with van der Waals surface area (Å²) in [7, 11) is 0. The zero-order valence-electron chi connectivity index (χ0n) is 14.0. The first-order valence-corrected chi connectivity index (χ1v) is 8.19. The van der Waals surface area contributed by atoms with Crippen LogP contribution in [-0.4, -0.2) is 27.4 Å². The normalized spacial score (nSPS) is 10.3. The third-order valence-corrected chi connectivity index (χ3v) is 3.73. The summed E-state index contributed by atoms with van der Waals surface area (Å²) in [4.78, 5) is 24.4. The van der Waals surface area contributed by atoms with E-state index in [1.165, 1.54) is 18.5 Å². The smallest absolute Gasteiger partial charge is 0.254 e. The quantitative estimate of drug-likeness (QED) is 0.684. The predicted molar refractivity (Wildman–Crippen MR) is 96.0 cm³/mol. The molecule has 0 aliphatic carbocycles. The lowest BCUT2D eigenvalue weighted by atomic mass is 10.1. The van der Waals surface area contributed by atoms with Crippen LogP contribution in [0.5, 0.6) is 0 Å². The van der Waals surface area contributed by atoms with Crippen molar-refractivity contribution in [2.45, 2.75) is 13.0 Å². The van der Waals surface area contributed by atoms with Gasteiger partial charge in [0.05, 0.1) is 5.56 Å². The van der Waals surface area contributed by atoms with Crippen molar-refractivity contribution in [1.29, 1.82) is 0 Å². The first-order chi connectivity index (χ1) is 12.7. The molecule has 3 rings (SSSR count). The maximum absolute atomic E-state index is 13.5. The summed E-state index contributed by atoms with van der Waals surface area (Å²) < 4.78 is 13.5. The van der Waals surface area contributed by atoms with Gasteiger partial charge < -0.3 is 10.6 Å². The molecule has 2 aromatic heterocycles. The average Bonchev–Trinajstić information content (AvgIpc) is 2.69. The number of rotatable bonds is 7. The van der Waals surface area contributed by atoms with Crippen LogP contribution < -0.4 is 10.6 Å². The fraction of sp³-hybridized carbons (Fsp3) is 0.158. The Labute approximate surface area is 150 Å². The molecule has 7 heteroatoms. The Kier molecular flexibility index (Phi) is 5.82. The lowest BCUT2D eigenvalue weighted by molar-refractivity contribution is 0.0953. The Morgan fingerprint density at radius 3 is 2.58 bits per heavy atom. The van der Waals surface area contributed by atoms with Crippen molar-refractivity contribution in [3.8, 4) is 0 Å². The number of hydrogen-bond acceptors (Lipinski definition) is 5. The molecule has 0 spiro atoms. The second kappa shape index (κ2) is 8.66. The van der Waals surface area contributed by atoms with Crippen molar-refractivity contribution in [1.82, 2.24) is 20.3 Å². The highest BCUT2D eigenvalue weighted by Gasteiger charge is 2.08. The standard InChI is InChI=1S/C19H18FN5O/c20-17-6-2-1-5-15(17)7-9-22-18(26)16-12-24-19(25-13-16)23-11-14-4-3-8-21-10-14/h1-6,8,10,12-13H,7,9,11H2,(H,22,26)(H,23,24,25). The summed E-state index contributed by atoms with van der Waals surface area (Å²) in [5, 5.41) is 5.80. The summed E-state index contributed by atoms with van der Waals surface area (Å²) >= 11 is 0. The van der Waals surface area contributed by atoms with Gasteiger partial charge >= 0.3 is 0 Å². The molecule has 3 aromatic rings. The molecular weight excluding hydrogens is 333 g/mol. The minimum atomic E-state index is -0.292. The van der Waals surface area contributed by atoms with Crippen molar-refractivity contribution < 1.29 is 9.18 Å². The van der Waals surface area contributed by atoms with E-state index in [-0.39, 0.29) is 11.7 Å². The highest BCUT2D eigenvalue weighted by Crippen LogP contribution is 2.07. The van der Waals surface area contributed by atoms with E-state index in [4.69, 9.17) is 0 Å². The maximum Gasteiger partial charge on any atom is 0.254 e. The molecule has 1 aromatic carbocycles. The molecule has 0 bridgehead atoms. The van der Waals surface area contributed by atoms with Gasteiger partial charge in [0.1, 0.15) is 5.82 Å². The number of pyridine rings is 1. The number of carbonyl (C=O) groups excluding carboxylic acids is 1. The van der Waals surface area contributed by atoms with Gasteiger partial charge in [0, 0.05) is 37.9 Å². The van der Waals surface area contributed by atoms with Crippen LogP contribution in [0.1, 0.15) is 21.5 Å². The molecule has 0 unspecified atom stereocenters. The van der Waals surface area contributed by atoms with Crippen molar-refractivity contribution in [3.63, 3.8) is 0 Å². The average molecular weight is 351 g/mol. The number of benzene rings is 1. The second-order valence-corrected chi connectivity index (χ2v) is 5.61. The number of halogens is 1. The highest BCUT2D eigenvalue weighted by molar-refractivity contribution is 5.93. The predicted octanol–water partition coefficient (Wildman–Crippen LogP) is 2.60. The number of hydrogen-bond donors (Lipinski definition) is 2. The van der Waals surface area contributed by atoms with Crippen molar-refractivity contribution in [2.75, 3.05) is 11.9 Å². The summed E-state index contributed by atoms with van der Waals surface area (Å²) in [6.07, 6.45) is 6.79. The van der Waals surface area contributed by atoms with Gasteiger partial charge in [0.25, 0.3) is 5.91 Å². The van der Waals surface area contributed by atoms with Crippen molar-refractivity contribution in [2.24, 2.45) is 0 Å². The SMILES string of the molecule is O=C(NCCc1ccccc1F)c1cnc(NCc2cccnc2)nc1. The lowest BCUT2D eigenvalue weighted by Crippen LogP contribution is -2.26. The summed E-state index contributed by atoms with van der Waals surface area (Å²) in [6.45, 7) is 0.878. The molecule has 2 heterocycles. The van der Waals surface area contributed by atoms with Gasteiger partial charge in [-0.15, -0.1) is 0 Å². The van der Waals surface area contributed by atoms with Crippen LogP contribution >= 0.6 is 0 Å². The summed E-state index contributed by atoms with van der Waals surface area (Å²) in [5.41, 5.74) is 1.93. The summed E-state index contributed by atoms with van der Waals surface area (Å²) in [5.74, 6) is -0.133. The van der Waals surface area contributed by atoms with E-state index in [2.05, 4.69) is 25.6 Å². The Bertz CT molecular complexity index is 855. The third kappa shape index (κ3) is 4.83. The van der Waals surface area contributed by atoms with Crippen molar-refractivity contribution >= 4 is 11.9 Å². The van der Waals surface area contributed by atoms with Crippen LogP contribution in [0.15, 0.2) is 61.2 Å². The summed E-state index contributed by atoms with van der Waals surface area (Å²) in [6, 6.07) is 10.3. The van der Waals surface area contributed by atoms with Crippen LogP contribution in [0.3, 0.4) is 0 Å². The fourth-order valence-electron chi connectivity index (χ4n) is 2.33. The molecule has 0 saturated heterocycles. The molecule has 132 valence electrons. The number of carbonyl (C=O) groups is 1. The fourth-order valence-corrected chi connectivity index (χ4v) is 2.33. The zero-order valence-corrected chi connectivity index (χ0v) is 14.0. The number of aromatic nitrogens is 3. The van der Waals surface area contributed by atoms with Gasteiger partial charge in [-0.1, -0.05) is 24.3 Å². The van der Waals surface area contributed by atoms with Gasteiger partial charge in [-0.2, -0.15) is 0 Å². The molecule has 6 nitrogen and oxygen atoms in total. The molecule has 0 aliphatic rings. The van der Waals surface area contributed by atoms with E-state index in [0.717, 1.165) is 5.56 Å². The van der Waals surface area contributed by atoms with Gasteiger partial charge in [-0.25, -0.2) is 14.4 Å². The van der Waals surface area contributed by atoms with Crippen LogP contribution in [-0.2, 0) is 13.0 Å². The van der Waals surface area contributed by atoms with Crippen molar-refractivity contribution in [3.05, 3.63) is 83.7 Å². The minimum Gasteiger partial charge on any atom is -0.352 e. The zero-order chi connectivity index (χ0) is 18.2. The van der Waals surface area contributed by atoms with Gasteiger partial charge in [0.2, 0.25) is 5.95 Å². The Balaban J connectivity index is 1.48. The maximum atomic E-state index is 13.5. The van der Waals surface area contributed by atoms with Gasteiger partial charge in [-0.3, -0.25) is 9.78 Å². The minimum absolute atomic E-state index is 0.269. The first-order valence-electron chi connectivity index (χ1n) is 8.19. The topological polar surface area (TPSA) is 79.8 Å². The third-order valence-electron chi connectivity index (χ3n) is 3.73. The lowest BCUT2D eigenvalue weighted by Gasteiger charge is -2.07.